The second kappa shape index (κ2) is 9.72. The lowest BCUT2D eigenvalue weighted by atomic mass is 10.2. The first-order valence-corrected chi connectivity index (χ1v) is 11.1. The summed E-state index contributed by atoms with van der Waals surface area (Å²) in [6, 6.07) is 17.7. The zero-order valence-corrected chi connectivity index (χ0v) is 18.5. The fraction of sp³-hybridized carbons (Fsp3) is 0.136. The summed E-state index contributed by atoms with van der Waals surface area (Å²) in [6.07, 6.45) is 0. The van der Waals surface area contributed by atoms with Gasteiger partial charge < -0.3 is 14.8 Å². The summed E-state index contributed by atoms with van der Waals surface area (Å²) in [4.78, 5) is 12.2. The molecule has 0 fully saturated rings. The Labute approximate surface area is 186 Å². The number of carbonyl (C=O) groups excluding carboxylic acids is 1. The number of aryl methyl sites for hydroxylation is 1. The summed E-state index contributed by atoms with van der Waals surface area (Å²) in [7, 11) is -2.25. The Balaban J connectivity index is 1.63. The van der Waals surface area contributed by atoms with Gasteiger partial charge in [-0.15, -0.1) is 0 Å². The van der Waals surface area contributed by atoms with E-state index in [9.17, 15) is 13.2 Å². The summed E-state index contributed by atoms with van der Waals surface area (Å²) in [5.74, 6) is 0.670. The average Bonchev–Trinajstić information content (AvgIpc) is 2.73. The Morgan fingerprint density at radius 2 is 1.74 bits per heavy atom. The van der Waals surface area contributed by atoms with E-state index in [1.54, 1.807) is 55.5 Å². The molecule has 0 aromatic heterocycles. The molecule has 7 nitrogen and oxygen atoms in total. The van der Waals surface area contributed by atoms with Crippen LogP contribution >= 0.6 is 11.6 Å². The molecule has 31 heavy (non-hydrogen) atoms. The first-order chi connectivity index (χ1) is 14.8. The van der Waals surface area contributed by atoms with Gasteiger partial charge in [-0.1, -0.05) is 17.7 Å². The van der Waals surface area contributed by atoms with Gasteiger partial charge in [0.15, 0.2) is 6.61 Å². The molecule has 3 aromatic rings. The Hall–Kier alpha value is -3.23. The molecule has 1 amide bonds. The normalized spacial score (nSPS) is 10.9. The Morgan fingerprint density at radius 3 is 2.39 bits per heavy atom. The maximum atomic E-state index is 12.7. The summed E-state index contributed by atoms with van der Waals surface area (Å²) in [5, 5.41) is 3.19. The number of ether oxygens (including phenoxy) is 2. The molecule has 2 N–H and O–H groups in total. The number of benzene rings is 3. The number of carbonyl (C=O) groups is 1. The molecular weight excluding hydrogens is 440 g/mol. The molecular formula is C22H21ClN2O5S. The van der Waals surface area contributed by atoms with Crippen LogP contribution in [0.15, 0.2) is 71.6 Å². The standard InChI is InChI=1S/C22H21ClN2O5S/c1-15-12-20(31(27,28)25-17-6-8-19(29-2)9-7-17)10-11-21(15)30-14-22(26)24-18-5-3-4-16(23)13-18/h3-13,25H,14H2,1-2H3,(H,24,26). The van der Waals surface area contributed by atoms with Crippen LogP contribution in [0.3, 0.4) is 0 Å². The molecule has 0 saturated carbocycles. The van der Waals surface area contributed by atoms with Crippen LogP contribution in [-0.2, 0) is 14.8 Å². The molecule has 0 atom stereocenters. The number of hydrogen-bond donors (Lipinski definition) is 2. The summed E-state index contributed by atoms with van der Waals surface area (Å²) in [5.41, 5.74) is 1.55. The Kier molecular flexibility index (Phi) is 7.04. The van der Waals surface area contributed by atoms with Crippen LogP contribution in [0.2, 0.25) is 5.02 Å². The van der Waals surface area contributed by atoms with Crippen molar-refractivity contribution in [3.8, 4) is 11.5 Å². The van der Waals surface area contributed by atoms with Crippen molar-refractivity contribution in [2.45, 2.75) is 11.8 Å². The molecule has 0 heterocycles. The minimum atomic E-state index is -3.79. The molecule has 3 aromatic carbocycles. The van der Waals surface area contributed by atoms with Crippen LogP contribution in [0.1, 0.15) is 5.56 Å². The Bertz CT molecular complexity index is 1180. The number of hydrogen-bond acceptors (Lipinski definition) is 5. The van der Waals surface area contributed by atoms with Gasteiger partial charge in [0, 0.05) is 16.4 Å². The highest BCUT2D eigenvalue weighted by molar-refractivity contribution is 7.92. The van der Waals surface area contributed by atoms with Crippen molar-refractivity contribution in [1.29, 1.82) is 0 Å². The van der Waals surface area contributed by atoms with Crippen LogP contribution in [0.5, 0.6) is 11.5 Å². The number of rotatable bonds is 8. The number of nitrogens with one attached hydrogen (secondary N) is 2. The smallest absolute Gasteiger partial charge is 0.262 e. The molecule has 0 aliphatic carbocycles. The van der Waals surface area contributed by atoms with E-state index in [-0.39, 0.29) is 17.4 Å². The SMILES string of the molecule is COc1ccc(NS(=O)(=O)c2ccc(OCC(=O)Nc3cccc(Cl)c3)c(C)c2)cc1. The van der Waals surface area contributed by atoms with Crippen LogP contribution in [0.4, 0.5) is 11.4 Å². The predicted octanol–water partition coefficient (Wildman–Crippen LogP) is 4.48. The number of anilines is 2. The molecule has 0 bridgehead atoms. The maximum Gasteiger partial charge on any atom is 0.262 e. The summed E-state index contributed by atoms with van der Waals surface area (Å²) < 4.78 is 38.4. The van der Waals surface area contributed by atoms with Gasteiger partial charge in [-0.3, -0.25) is 9.52 Å². The molecule has 162 valence electrons. The topological polar surface area (TPSA) is 93.7 Å². The number of halogens is 1. The quantitative estimate of drug-likeness (QED) is 0.517. The molecule has 0 aliphatic heterocycles. The molecule has 0 spiro atoms. The first-order valence-electron chi connectivity index (χ1n) is 9.22. The van der Waals surface area contributed by atoms with Gasteiger partial charge in [-0.2, -0.15) is 0 Å². The monoisotopic (exact) mass is 460 g/mol. The van der Waals surface area contributed by atoms with Gasteiger partial charge in [0.2, 0.25) is 0 Å². The van der Waals surface area contributed by atoms with Gasteiger partial charge in [0.25, 0.3) is 15.9 Å². The molecule has 0 unspecified atom stereocenters. The van der Waals surface area contributed by atoms with E-state index in [1.165, 1.54) is 25.3 Å². The number of sulfonamides is 1. The van der Waals surface area contributed by atoms with Crippen molar-refractivity contribution in [1.82, 2.24) is 0 Å². The fourth-order valence-corrected chi connectivity index (χ4v) is 4.06. The van der Waals surface area contributed by atoms with E-state index >= 15 is 0 Å². The van der Waals surface area contributed by atoms with Crippen molar-refractivity contribution in [2.75, 3.05) is 23.8 Å². The minimum Gasteiger partial charge on any atom is -0.497 e. The lowest BCUT2D eigenvalue weighted by Gasteiger charge is -2.13. The van der Waals surface area contributed by atoms with E-state index in [4.69, 9.17) is 21.1 Å². The summed E-state index contributed by atoms with van der Waals surface area (Å²) in [6.45, 7) is 1.47. The number of amides is 1. The van der Waals surface area contributed by atoms with Crippen LogP contribution in [-0.4, -0.2) is 28.0 Å². The third-order valence-corrected chi connectivity index (χ3v) is 5.88. The molecule has 0 saturated heterocycles. The highest BCUT2D eigenvalue weighted by atomic mass is 35.5. The van der Waals surface area contributed by atoms with E-state index in [2.05, 4.69) is 10.0 Å². The molecule has 9 heteroatoms. The second-order valence-electron chi connectivity index (χ2n) is 6.61. The third-order valence-electron chi connectivity index (χ3n) is 4.27. The number of methoxy groups -OCH3 is 1. The van der Waals surface area contributed by atoms with E-state index in [0.717, 1.165) is 0 Å². The second-order valence-corrected chi connectivity index (χ2v) is 8.73. The summed E-state index contributed by atoms with van der Waals surface area (Å²) >= 11 is 5.90. The van der Waals surface area contributed by atoms with Crippen LogP contribution < -0.4 is 19.5 Å². The lowest BCUT2D eigenvalue weighted by molar-refractivity contribution is -0.118. The third kappa shape index (κ3) is 6.13. The highest BCUT2D eigenvalue weighted by Crippen LogP contribution is 2.24. The largest absolute Gasteiger partial charge is 0.497 e. The van der Waals surface area contributed by atoms with Crippen molar-refractivity contribution in [2.24, 2.45) is 0 Å². The van der Waals surface area contributed by atoms with E-state index < -0.39 is 10.0 Å². The van der Waals surface area contributed by atoms with E-state index in [0.29, 0.717) is 33.5 Å². The van der Waals surface area contributed by atoms with Crippen molar-refractivity contribution < 1.29 is 22.7 Å². The average molecular weight is 461 g/mol. The minimum absolute atomic E-state index is 0.0801. The van der Waals surface area contributed by atoms with Gasteiger partial charge in [0.05, 0.1) is 12.0 Å². The van der Waals surface area contributed by atoms with Crippen molar-refractivity contribution in [3.63, 3.8) is 0 Å². The maximum absolute atomic E-state index is 12.7. The predicted molar refractivity (Wildman–Crippen MR) is 121 cm³/mol. The lowest BCUT2D eigenvalue weighted by Crippen LogP contribution is -2.20. The van der Waals surface area contributed by atoms with Crippen molar-refractivity contribution >= 4 is 38.9 Å². The first kappa shape index (κ1) is 22.5. The van der Waals surface area contributed by atoms with Gasteiger partial charge >= 0.3 is 0 Å². The highest BCUT2D eigenvalue weighted by Gasteiger charge is 2.16. The van der Waals surface area contributed by atoms with Gasteiger partial charge in [0.1, 0.15) is 11.5 Å². The molecule has 0 radical (unpaired) electrons. The zero-order chi connectivity index (χ0) is 22.4. The molecule has 0 aliphatic rings. The van der Waals surface area contributed by atoms with Crippen LogP contribution in [0, 0.1) is 6.92 Å². The van der Waals surface area contributed by atoms with Gasteiger partial charge in [-0.25, -0.2) is 8.42 Å². The Morgan fingerprint density at radius 1 is 1.00 bits per heavy atom. The van der Waals surface area contributed by atoms with Crippen LogP contribution in [0.25, 0.3) is 0 Å². The molecule has 3 rings (SSSR count). The zero-order valence-electron chi connectivity index (χ0n) is 16.9. The fourth-order valence-electron chi connectivity index (χ4n) is 2.73. The van der Waals surface area contributed by atoms with E-state index in [1.807, 2.05) is 0 Å². The van der Waals surface area contributed by atoms with Gasteiger partial charge in [-0.05, 0) is 73.2 Å². The van der Waals surface area contributed by atoms with Crippen molar-refractivity contribution in [3.05, 3.63) is 77.3 Å².